The highest BCUT2D eigenvalue weighted by atomic mass is 16.5. The maximum atomic E-state index is 12.1. The van der Waals surface area contributed by atoms with Gasteiger partial charge in [0.25, 0.3) is 11.8 Å². The first-order valence-electron chi connectivity index (χ1n) is 6.60. The van der Waals surface area contributed by atoms with E-state index in [0.717, 1.165) is 0 Å². The third-order valence-corrected chi connectivity index (χ3v) is 3.32. The number of benzene rings is 1. The lowest BCUT2D eigenvalue weighted by molar-refractivity contribution is -0.139. The van der Waals surface area contributed by atoms with Crippen molar-refractivity contribution in [2.24, 2.45) is 0 Å². The molecule has 0 radical (unpaired) electrons. The van der Waals surface area contributed by atoms with E-state index in [2.05, 4.69) is 10.7 Å². The van der Waals surface area contributed by atoms with Gasteiger partial charge in [0.2, 0.25) is 0 Å². The lowest BCUT2D eigenvalue weighted by Gasteiger charge is -2.19. The van der Waals surface area contributed by atoms with Crippen molar-refractivity contribution < 1.29 is 19.1 Å². The number of urea groups is 1. The summed E-state index contributed by atoms with van der Waals surface area (Å²) in [5.41, 5.74) is 1.26. The quantitative estimate of drug-likeness (QED) is 0.786. The van der Waals surface area contributed by atoms with Crippen molar-refractivity contribution in [2.75, 3.05) is 6.61 Å². The minimum Gasteiger partial charge on any atom is -0.484 e. The highest BCUT2D eigenvalue weighted by molar-refractivity contribution is 6.07. The normalized spacial score (nSPS) is 21.1. The van der Waals surface area contributed by atoms with E-state index in [1.165, 1.54) is 0 Å². The maximum Gasteiger partial charge on any atom is 0.344 e. The molecule has 4 amide bonds. The van der Waals surface area contributed by atoms with Crippen LogP contribution in [-0.4, -0.2) is 35.0 Å². The Labute approximate surface area is 122 Å². The molecule has 21 heavy (non-hydrogen) atoms. The molecule has 1 saturated heterocycles. The first kappa shape index (κ1) is 14.8. The Kier molecular flexibility index (Phi) is 4.11. The van der Waals surface area contributed by atoms with Gasteiger partial charge >= 0.3 is 6.03 Å². The summed E-state index contributed by atoms with van der Waals surface area (Å²) in [5, 5.41) is 3.24. The molecule has 7 heteroatoms. The molecule has 2 rings (SSSR count). The zero-order chi connectivity index (χ0) is 15.5. The van der Waals surface area contributed by atoms with E-state index < -0.39 is 23.4 Å². The van der Waals surface area contributed by atoms with Crippen molar-refractivity contribution in [3.63, 3.8) is 0 Å². The molecule has 0 aliphatic carbocycles. The number of hydrogen-bond acceptors (Lipinski definition) is 4. The molecule has 1 aromatic carbocycles. The maximum absolute atomic E-state index is 12.1. The summed E-state index contributed by atoms with van der Waals surface area (Å²) < 4.78 is 5.25. The van der Waals surface area contributed by atoms with Gasteiger partial charge in [-0.1, -0.05) is 25.1 Å². The second-order valence-corrected chi connectivity index (χ2v) is 4.89. The van der Waals surface area contributed by atoms with Gasteiger partial charge in [-0.25, -0.2) is 4.79 Å². The van der Waals surface area contributed by atoms with Crippen LogP contribution in [0.25, 0.3) is 0 Å². The molecule has 112 valence electrons. The Hall–Kier alpha value is -2.57. The fraction of sp³-hybridized carbons (Fsp3) is 0.357. The molecule has 7 nitrogen and oxygen atoms in total. The fourth-order valence-electron chi connectivity index (χ4n) is 1.85. The van der Waals surface area contributed by atoms with Crippen LogP contribution in [0.2, 0.25) is 0 Å². The number of imide groups is 1. The van der Waals surface area contributed by atoms with Gasteiger partial charge in [0, 0.05) is 0 Å². The van der Waals surface area contributed by atoms with Crippen LogP contribution >= 0.6 is 0 Å². The summed E-state index contributed by atoms with van der Waals surface area (Å²) in [4.78, 5) is 35.5. The van der Waals surface area contributed by atoms with Crippen LogP contribution in [0.3, 0.4) is 0 Å². The van der Waals surface area contributed by atoms with E-state index in [1.807, 2.05) is 6.07 Å². The van der Waals surface area contributed by atoms with Crippen LogP contribution in [0.1, 0.15) is 20.3 Å². The van der Waals surface area contributed by atoms with Gasteiger partial charge in [-0.15, -0.1) is 0 Å². The van der Waals surface area contributed by atoms with E-state index in [1.54, 1.807) is 38.1 Å². The summed E-state index contributed by atoms with van der Waals surface area (Å²) in [6.45, 7) is 3.10. The largest absolute Gasteiger partial charge is 0.484 e. The average Bonchev–Trinajstić information content (AvgIpc) is 2.70. The first-order chi connectivity index (χ1) is 9.96. The van der Waals surface area contributed by atoms with Crippen LogP contribution < -0.4 is 15.5 Å². The first-order valence-corrected chi connectivity index (χ1v) is 6.60. The molecule has 1 atom stereocenters. The predicted octanol–water partition coefficient (Wildman–Crippen LogP) is 0.817. The van der Waals surface area contributed by atoms with Crippen molar-refractivity contribution in [3.8, 4) is 5.75 Å². The van der Waals surface area contributed by atoms with Crippen LogP contribution in [0.4, 0.5) is 4.79 Å². The number of amides is 4. The van der Waals surface area contributed by atoms with Crippen LogP contribution in [-0.2, 0) is 9.59 Å². The van der Waals surface area contributed by atoms with Crippen molar-refractivity contribution >= 4 is 17.8 Å². The Bertz CT molecular complexity index is 561. The Balaban J connectivity index is 1.91. The van der Waals surface area contributed by atoms with Crippen molar-refractivity contribution in [3.05, 3.63) is 30.3 Å². The number of carbonyl (C=O) groups excluding carboxylic acids is 3. The number of carbonyl (C=O) groups is 3. The lowest BCUT2D eigenvalue weighted by atomic mass is 10.00. The van der Waals surface area contributed by atoms with Gasteiger partial charge in [-0.05, 0) is 25.5 Å². The van der Waals surface area contributed by atoms with Gasteiger partial charge in [0.15, 0.2) is 6.61 Å². The molecule has 1 aliphatic heterocycles. The third-order valence-electron chi connectivity index (χ3n) is 3.32. The van der Waals surface area contributed by atoms with E-state index in [-0.39, 0.29) is 6.61 Å². The number of hydrazine groups is 1. The number of ether oxygens (including phenoxy) is 1. The monoisotopic (exact) mass is 291 g/mol. The molecular formula is C14H17N3O4. The topological polar surface area (TPSA) is 87.7 Å². The molecule has 0 bridgehead atoms. The third kappa shape index (κ3) is 3.13. The minimum absolute atomic E-state index is 0.288. The van der Waals surface area contributed by atoms with Crippen LogP contribution in [0.5, 0.6) is 5.75 Å². The van der Waals surface area contributed by atoms with Gasteiger partial charge in [0.1, 0.15) is 11.3 Å². The van der Waals surface area contributed by atoms with Gasteiger partial charge in [-0.3, -0.25) is 15.0 Å². The highest BCUT2D eigenvalue weighted by Gasteiger charge is 2.47. The second-order valence-electron chi connectivity index (χ2n) is 4.89. The van der Waals surface area contributed by atoms with Crippen molar-refractivity contribution in [1.82, 2.24) is 15.8 Å². The summed E-state index contributed by atoms with van der Waals surface area (Å²) in [7, 11) is 0. The molecule has 0 spiro atoms. The molecule has 1 aromatic rings. The van der Waals surface area contributed by atoms with E-state index in [4.69, 9.17) is 4.74 Å². The SMILES string of the molecule is CCC1(C)NC(=O)N(NC(=O)COc2ccccc2)C1=O. The van der Waals surface area contributed by atoms with Crippen molar-refractivity contribution in [1.29, 1.82) is 0 Å². The highest BCUT2D eigenvalue weighted by Crippen LogP contribution is 2.19. The Morgan fingerprint density at radius 1 is 1.33 bits per heavy atom. The smallest absolute Gasteiger partial charge is 0.344 e. The zero-order valence-corrected chi connectivity index (χ0v) is 11.9. The second kappa shape index (κ2) is 5.82. The number of nitrogens with one attached hydrogen (secondary N) is 2. The van der Waals surface area contributed by atoms with Crippen molar-refractivity contribution in [2.45, 2.75) is 25.8 Å². The molecule has 1 unspecified atom stereocenters. The van der Waals surface area contributed by atoms with E-state index >= 15 is 0 Å². The average molecular weight is 291 g/mol. The number of para-hydroxylation sites is 1. The number of rotatable bonds is 5. The van der Waals surface area contributed by atoms with Crippen LogP contribution in [0.15, 0.2) is 30.3 Å². The van der Waals surface area contributed by atoms with Gasteiger partial charge < -0.3 is 10.1 Å². The summed E-state index contributed by atoms with van der Waals surface area (Å²) in [5.74, 6) is -0.533. The lowest BCUT2D eigenvalue weighted by Crippen LogP contribution is -2.49. The number of hydrogen-bond donors (Lipinski definition) is 2. The Morgan fingerprint density at radius 3 is 2.57 bits per heavy atom. The Morgan fingerprint density at radius 2 is 2.00 bits per heavy atom. The number of nitrogens with zero attached hydrogens (tertiary/aromatic N) is 1. The molecule has 1 aliphatic rings. The minimum atomic E-state index is -0.981. The predicted molar refractivity (Wildman–Crippen MR) is 74.2 cm³/mol. The van der Waals surface area contributed by atoms with Gasteiger partial charge in [-0.2, -0.15) is 5.01 Å². The standard InChI is InChI=1S/C14H17N3O4/c1-3-14(2)12(19)17(13(20)15-14)16-11(18)9-21-10-7-5-4-6-8-10/h4-8H,3,9H2,1-2H3,(H,15,20)(H,16,18). The molecule has 0 aromatic heterocycles. The summed E-state index contributed by atoms with van der Waals surface area (Å²) in [6.07, 6.45) is 0.435. The molecule has 1 heterocycles. The fourth-order valence-corrected chi connectivity index (χ4v) is 1.85. The molecular weight excluding hydrogens is 274 g/mol. The molecule has 1 fully saturated rings. The van der Waals surface area contributed by atoms with E-state index in [0.29, 0.717) is 17.2 Å². The van der Waals surface area contributed by atoms with E-state index in [9.17, 15) is 14.4 Å². The summed E-state index contributed by atoms with van der Waals surface area (Å²) >= 11 is 0. The van der Waals surface area contributed by atoms with Crippen LogP contribution in [0, 0.1) is 0 Å². The molecule has 0 saturated carbocycles. The summed E-state index contributed by atoms with van der Waals surface area (Å²) in [6, 6.07) is 8.14. The zero-order valence-electron chi connectivity index (χ0n) is 11.9. The molecule has 2 N–H and O–H groups in total. The van der Waals surface area contributed by atoms with Gasteiger partial charge in [0.05, 0.1) is 0 Å².